The Morgan fingerprint density at radius 1 is 1.14 bits per heavy atom. The number of hydrogen-bond acceptors (Lipinski definition) is 0. The van der Waals surface area contributed by atoms with Crippen LogP contribution < -0.4 is 5.19 Å². The van der Waals surface area contributed by atoms with Gasteiger partial charge in [0.05, 0.1) is 8.07 Å². The average molecular weight is 227 g/mol. The summed E-state index contributed by atoms with van der Waals surface area (Å²) < 4.78 is 0. The first-order valence-corrected chi connectivity index (χ1v) is 8.93. The molecule has 0 saturated carbocycles. The summed E-state index contributed by atoms with van der Waals surface area (Å²) in [5.74, 6) is 0.794. The second-order valence-corrected chi connectivity index (χ2v) is 9.77. The molecule has 0 N–H and O–H groups in total. The predicted molar refractivity (Wildman–Crippen MR) is 68.4 cm³/mol. The van der Waals surface area contributed by atoms with E-state index in [4.69, 9.17) is 11.6 Å². The monoisotopic (exact) mass is 226 g/mol. The number of aryl methyl sites for hydroxylation is 1. The molecule has 0 amide bonds. The zero-order valence-electron chi connectivity index (χ0n) is 9.31. The molecule has 2 heteroatoms. The summed E-state index contributed by atoms with van der Waals surface area (Å²) in [6.07, 6.45) is 1.15. The lowest BCUT2D eigenvalue weighted by molar-refractivity contribution is 1.06. The molecule has 14 heavy (non-hydrogen) atoms. The Bertz CT molecular complexity index is 277. The molecule has 0 aliphatic rings. The fourth-order valence-corrected chi connectivity index (χ4v) is 4.43. The maximum Gasteiger partial charge on any atom is 0.0806 e. The predicted octanol–water partition coefficient (Wildman–Crippen LogP) is 3.54. The molecule has 0 radical (unpaired) electrons. The van der Waals surface area contributed by atoms with Crippen LogP contribution in [0.15, 0.2) is 24.3 Å². The Kier molecular flexibility index (Phi) is 4.21. The van der Waals surface area contributed by atoms with Gasteiger partial charge in [-0.3, -0.25) is 0 Å². The molecule has 0 aliphatic heterocycles. The molecule has 0 saturated heterocycles. The van der Waals surface area contributed by atoms with Crippen molar-refractivity contribution < 1.29 is 0 Å². The number of benzene rings is 1. The lowest BCUT2D eigenvalue weighted by atomic mass is 10.2. The zero-order chi connectivity index (χ0) is 10.6. The van der Waals surface area contributed by atoms with E-state index in [1.165, 1.54) is 11.6 Å². The van der Waals surface area contributed by atoms with Crippen LogP contribution in [0, 0.1) is 6.92 Å². The molecule has 1 rings (SSSR count). The van der Waals surface area contributed by atoms with E-state index in [9.17, 15) is 0 Å². The van der Waals surface area contributed by atoms with E-state index < -0.39 is 8.07 Å². The van der Waals surface area contributed by atoms with E-state index in [1.807, 2.05) is 0 Å². The molecule has 0 nitrogen and oxygen atoms in total. The van der Waals surface area contributed by atoms with Crippen LogP contribution in [0.1, 0.15) is 12.0 Å². The SMILES string of the molecule is Cc1ccc([Si](C)(C)CCCCl)cc1. The summed E-state index contributed by atoms with van der Waals surface area (Å²) in [4.78, 5) is 0. The lowest BCUT2D eigenvalue weighted by Crippen LogP contribution is -2.41. The number of halogens is 1. The van der Waals surface area contributed by atoms with Gasteiger partial charge in [-0.2, -0.15) is 0 Å². The van der Waals surface area contributed by atoms with Crippen molar-refractivity contribution in [3.8, 4) is 0 Å². The van der Waals surface area contributed by atoms with Crippen molar-refractivity contribution in [1.82, 2.24) is 0 Å². The zero-order valence-corrected chi connectivity index (χ0v) is 11.1. The van der Waals surface area contributed by atoms with Crippen molar-refractivity contribution in [1.29, 1.82) is 0 Å². The highest BCUT2D eigenvalue weighted by atomic mass is 35.5. The van der Waals surface area contributed by atoms with Crippen molar-refractivity contribution in [2.24, 2.45) is 0 Å². The molecule has 0 atom stereocenters. The van der Waals surface area contributed by atoms with Gasteiger partial charge in [-0.15, -0.1) is 11.6 Å². The first-order valence-electron chi connectivity index (χ1n) is 5.19. The van der Waals surface area contributed by atoms with Crippen molar-refractivity contribution in [3.05, 3.63) is 29.8 Å². The van der Waals surface area contributed by atoms with Crippen LogP contribution in [0.2, 0.25) is 19.1 Å². The third-order valence-corrected chi connectivity index (χ3v) is 6.54. The van der Waals surface area contributed by atoms with E-state index in [0.717, 1.165) is 12.3 Å². The Morgan fingerprint density at radius 2 is 1.71 bits per heavy atom. The number of rotatable bonds is 4. The molecule has 78 valence electrons. The second kappa shape index (κ2) is 4.99. The summed E-state index contributed by atoms with van der Waals surface area (Å²) in [7, 11) is -1.21. The van der Waals surface area contributed by atoms with Gasteiger partial charge >= 0.3 is 0 Å². The quantitative estimate of drug-likeness (QED) is 0.544. The Morgan fingerprint density at radius 3 is 2.21 bits per heavy atom. The molecular weight excluding hydrogens is 208 g/mol. The molecule has 0 aliphatic carbocycles. The standard InChI is InChI=1S/C12H19ClSi/c1-11-5-7-12(8-6-11)14(2,3)10-4-9-13/h5-8H,4,9-10H2,1-3H3. The van der Waals surface area contributed by atoms with E-state index in [2.05, 4.69) is 44.3 Å². The molecule has 0 bridgehead atoms. The minimum absolute atomic E-state index is 0.794. The molecule has 0 aromatic heterocycles. The van der Waals surface area contributed by atoms with Crippen LogP contribution in [0.5, 0.6) is 0 Å². The van der Waals surface area contributed by atoms with Gasteiger partial charge in [0.15, 0.2) is 0 Å². The normalized spacial score (nSPS) is 11.7. The number of alkyl halides is 1. The second-order valence-electron chi connectivity index (χ2n) is 4.54. The van der Waals surface area contributed by atoms with E-state index in [-0.39, 0.29) is 0 Å². The lowest BCUT2D eigenvalue weighted by Gasteiger charge is -2.22. The topological polar surface area (TPSA) is 0 Å². The average Bonchev–Trinajstić information content (AvgIpc) is 2.16. The molecule has 0 fully saturated rings. The van der Waals surface area contributed by atoms with E-state index in [0.29, 0.717) is 0 Å². The van der Waals surface area contributed by atoms with Gasteiger partial charge in [0.2, 0.25) is 0 Å². The minimum atomic E-state index is -1.21. The van der Waals surface area contributed by atoms with E-state index in [1.54, 1.807) is 5.19 Å². The van der Waals surface area contributed by atoms with Gasteiger partial charge in [-0.25, -0.2) is 0 Å². The largest absolute Gasteiger partial charge is 0.127 e. The summed E-state index contributed by atoms with van der Waals surface area (Å²) in [5, 5.41) is 1.55. The highest BCUT2D eigenvalue weighted by Crippen LogP contribution is 2.13. The van der Waals surface area contributed by atoms with Crippen molar-refractivity contribution in [3.63, 3.8) is 0 Å². The summed E-state index contributed by atoms with van der Waals surface area (Å²) in [6.45, 7) is 6.98. The van der Waals surface area contributed by atoms with Gasteiger partial charge in [0.25, 0.3) is 0 Å². The highest BCUT2D eigenvalue weighted by molar-refractivity contribution is 6.89. The van der Waals surface area contributed by atoms with Gasteiger partial charge in [0.1, 0.15) is 0 Å². The fraction of sp³-hybridized carbons (Fsp3) is 0.500. The maximum absolute atomic E-state index is 5.74. The van der Waals surface area contributed by atoms with Gasteiger partial charge in [-0.05, 0) is 13.3 Å². The third-order valence-electron chi connectivity index (χ3n) is 2.77. The van der Waals surface area contributed by atoms with Crippen LogP contribution in [0.4, 0.5) is 0 Å². The Labute approximate surface area is 93.3 Å². The van der Waals surface area contributed by atoms with Crippen LogP contribution in [0.25, 0.3) is 0 Å². The minimum Gasteiger partial charge on any atom is -0.127 e. The maximum atomic E-state index is 5.74. The molecule has 1 aromatic carbocycles. The molecule has 0 unspecified atom stereocenters. The first-order chi connectivity index (χ1) is 6.56. The Balaban J connectivity index is 2.75. The highest BCUT2D eigenvalue weighted by Gasteiger charge is 2.21. The molecular formula is C12H19ClSi. The molecule has 0 heterocycles. The smallest absolute Gasteiger partial charge is 0.0806 e. The Hall–Kier alpha value is -0.273. The molecule has 0 spiro atoms. The van der Waals surface area contributed by atoms with Crippen molar-refractivity contribution >= 4 is 24.9 Å². The third kappa shape index (κ3) is 3.14. The van der Waals surface area contributed by atoms with Crippen LogP contribution in [-0.2, 0) is 0 Å². The summed E-state index contributed by atoms with van der Waals surface area (Å²) in [5.41, 5.74) is 1.34. The first kappa shape index (κ1) is 11.8. The van der Waals surface area contributed by atoms with E-state index >= 15 is 0 Å². The van der Waals surface area contributed by atoms with Crippen molar-refractivity contribution in [2.45, 2.75) is 32.5 Å². The summed E-state index contributed by atoms with van der Waals surface area (Å²) >= 11 is 5.74. The number of hydrogen-bond donors (Lipinski definition) is 0. The van der Waals surface area contributed by atoms with Crippen LogP contribution in [-0.4, -0.2) is 14.0 Å². The van der Waals surface area contributed by atoms with Gasteiger partial charge in [-0.1, -0.05) is 54.2 Å². The van der Waals surface area contributed by atoms with Crippen LogP contribution >= 0.6 is 11.6 Å². The van der Waals surface area contributed by atoms with Crippen LogP contribution in [0.3, 0.4) is 0 Å². The fourth-order valence-electron chi connectivity index (χ4n) is 1.66. The van der Waals surface area contributed by atoms with Crippen molar-refractivity contribution in [2.75, 3.05) is 5.88 Å². The summed E-state index contributed by atoms with van der Waals surface area (Å²) in [6, 6.07) is 10.3. The van der Waals surface area contributed by atoms with Gasteiger partial charge in [0, 0.05) is 5.88 Å². The molecule has 1 aromatic rings. The van der Waals surface area contributed by atoms with Gasteiger partial charge < -0.3 is 0 Å².